The average Bonchev–Trinajstić information content (AvgIpc) is 3.21. The fourth-order valence-corrected chi connectivity index (χ4v) is 3.98. The standard InChI is InChI=1S/C23H28N6O4/c1-16(2)32-21-17(5-4-7-24-21)18-13-25-29-8-6-19(26-20(18)29)27-9-11-28(12-10-27)22(30)33-23(3)14-31-15-23/h4-8,13,16H,9-12,14-15H2,1-3H3. The minimum atomic E-state index is -0.496. The topological polar surface area (TPSA) is 94.3 Å². The second-order valence-electron chi connectivity index (χ2n) is 8.92. The first kappa shape index (κ1) is 21.4. The summed E-state index contributed by atoms with van der Waals surface area (Å²) in [5.41, 5.74) is 1.95. The van der Waals surface area contributed by atoms with Crippen molar-refractivity contribution in [2.45, 2.75) is 32.5 Å². The molecule has 0 saturated carbocycles. The summed E-state index contributed by atoms with van der Waals surface area (Å²) in [6.07, 6.45) is 5.13. The van der Waals surface area contributed by atoms with Gasteiger partial charge in [0.2, 0.25) is 5.88 Å². The van der Waals surface area contributed by atoms with Crippen LogP contribution in [0.2, 0.25) is 0 Å². The van der Waals surface area contributed by atoms with Crippen LogP contribution in [-0.2, 0) is 9.47 Å². The number of piperazine rings is 1. The smallest absolute Gasteiger partial charge is 0.410 e. The third kappa shape index (κ3) is 4.30. The number of pyridine rings is 1. The summed E-state index contributed by atoms with van der Waals surface area (Å²) in [6.45, 7) is 9.24. The summed E-state index contributed by atoms with van der Waals surface area (Å²) in [6, 6.07) is 5.79. The van der Waals surface area contributed by atoms with Crippen molar-refractivity contribution < 1.29 is 19.0 Å². The molecule has 3 aromatic heterocycles. The Bertz CT molecular complexity index is 1150. The van der Waals surface area contributed by atoms with E-state index in [1.807, 2.05) is 45.2 Å². The van der Waals surface area contributed by atoms with Gasteiger partial charge in [-0.15, -0.1) is 0 Å². The van der Waals surface area contributed by atoms with Crippen molar-refractivity contribution in [2.75, 3.05) is 44.3 Å². The monoisotopic (exact) mass is 452 g/mol. The van der Waals surface area contributed by atoms with E-state index in [0.29, 0.717) is 45.3 Å². The Morgan fingerprint density at radius 1 is 1.15 bits per heavy atom. The molecule has 0 radical (unpaired) electrons. The molecular formula is C23H28N6O4. The summed E-state index contributed by atoms with van der Waals surface area (Å²) < 4.78 is 18.4. The van der Waals surface area contributed by atoms with Gasteiger partial charge in [-0.05, 0) is 39.0 Å². The maximum Gasteiger partial charge on any atom is 0.410 e. The van der Waals surface area contributed by atoms with Crippen LogP contribution in [0.4, 0.5) is 10.6 Å². The number of hydrogen-bond donors (Lipinski definition) is 0. The van der Waals surface area contributed by atoms with Crippen LogP contribution < -0.4 is 9.64 Å². The first-order valence-electron chi connectivity index (χ1n) is 11.2. The molecule has 0 unspecified atom stereocenters. The highest BCUT2D eigenvalue weighted by molar-refractivity contribution is 5.80. The third-order valence-electron chi connectivity index (χ3n) is 5.77. The zero-order valence-corrected chi connectivity index (χ0v) is 19.1. The quantitative estimate of drug-likeness (QED) is 0.583. The molecule has 10 nitrogen and oxygen atoms in total. The largest absolute Gasteiger partial charge is 0.475 e. The molecule has 0 N–H and O–H groups in total. The van der Waals surface area contributed by atoms with Crippen LogP contribution in [0, 0.1) is 0 Å². The van der Waals surface area contributed by atoms with Gasteiger partial charge in [0.05, 0.1) is 31.1 Å². The van der Waals surface area contributed by atoms with Crippen molar-refractivity contribution in [3.05, 3.63) is 36.8 Å². The normalized spacial score (nSPS) is 17.8. The highest BCUT2D eigenvalue weighted by Gasteiger charge is 2.39. The lowest BCUT2D eigenvalue weighted by atomic mass is 10.1. The molecule has 10 heteroatoms. The van der Waals surface area contributed by atoms with Crippen LogP contribution in [0.5, 0.6) is 5.88 Å². The van der Waals surface area contributed by atoms with Crippen molar-refractivity contribution in [2.24, 2.45) is 0 Å². The van der Waals surface area contributed by atoms with Crippen LogP contribution in [-0.4, -0.2) is 81.7 Å². The summed E-state index contributed by atoms with van der Waals surface area (Å²) in [4.78, 5) is 25.7. The minimum Gasteiger partial charge on any atom is -0.475 e. The number of nitrogens with zero attached hydrogens (tertiary/aromatic N) is 6. The number of carbonyl (C=O) groups excluding carboxylic acids is 1. The molecule has 0 spiro atoms. The Kier molecular flexibility index (Phi) is 5.53. The molecule has 0 bridgehead atoms. The van der Waals surface area contributed by atoms with Crippen LogP contribution >= 0.6 is 0 Å². The molecule has 0 aliphatic carbocycles. The number of ether oxygens (including phenoxy) is 3. The third-order valence-corrected chi connectivity index (χ3v) is 5.77. The van der Waals surface area contributed by atoms with Crippen LogP contribution in [0.3, 0.4) is 0 Å². The Balaban J connectivity index is 1.33. The van der Waals surface area contributed by atoms with Crippen LogP contribution in [0.15, 0.2) is 36.8 Å². The van der Waals surface area contributed by atoms with Gasteiger partial charge in [-0.25, -0.2) is 19.3 Å². The first-order chi connectivity index (χ1) is 15.9. The summed E-state index contributed by atoms with van der Waals surface area (Å²) in [7, 11) is 0. The summed E-state index contributed by atoms with van der Waals surface area (Å²) in [5.74, 6) is 1.40. The number of carbonyl (C=O) groups is 1. The van der Waals surface area contributed by atoms with Gasteiger partial charge in [0.25, 0.3) is 0 Å². The lowest BCUT2D eigenvalue weighted by molar-refractivity contribution is -0.172. The zero-order chi connectivity index (χ0) is 23.0. The van der Waals surface area contributed by atoms with E-state index in [-0.39, 0.29) is 12.2 Å². The first-order valence-corrected chi connectivity index (χ1v) is 11.2. The van der Waals surface area contributed by atoms with Gasteiger partial charge in [-0.3, -0.25) is 0 Å². The van der Waals surface area contributed by atoms with E-state index in [9.17, 15) is 4.79 Å². The molecular weight excluding hydrogens is 424 g/mol. The summed E-state index contributed by atoms with van der Waals surface area (Å²) in [5, 5.41) is 4.46. The number of fused-ring (bicyclic) bond motifs is 1. The van der Waals surface area contributed by atoms with E-state index in [1.54, 1.807) is 21.8 Å². The van der Waals surface area contributed by atoms with E-state index in [0.717, 1.165) is 22.6 Å². The fraction of sp³-hybridized carbons (Fsp3) is 0.478. The fourth-order valence-electron chi connectivity index (χ4n) is 3.98. The number of amides is 1. The second kappa shape index (κ2) is 8.51. The lowest BCUT2D eigenvalue weighted by Gasteiger charge is -2.40. The molecule has 3 aromatic rings. The second-order valence-corrected chi connectivity index (χ2v) is 8.92. The van der Waals surface area contributed by atoms with Gasteiger partial charge >= 0.3 is 6.09 Å². The molecule has 2 saturated heterocycles. The van der Waals surface area contributed by atoms with Crippen molar-refractivity contribution >= 4 is 17.6 Å². The maximum atomic E-state index is 12.5. The van der Waals surface area contributed by atoms with Gasteiger partial charge in [-0.2, -0.15) is 5.10 Å². The molecule has 0 aromatic carbocycles. The maximum absolute atomic E-state index is 12.5. The van der Waals surface area contributed by atoms with E-state index >= 15 is 0 Å². The number of rotatable bonds is 5. The Hall–Kier alpha value is -3.40. The van der Waals surface area contributed by atoms with E-state index in [2.05, 4.69) is 15.0 Å². The molecule has 5 heterocycles. The Labute approximate surface area is 192 Å². The predicted octanol–water partition coefficient (Wildman–Crippen LogP) is 2.63. The van der Waals surface area contributed by atoms with Gasteiger partial charge in [0.1, 0.15) is 5.82 Å². The molecule has 174 valence electrons. The molecule has 5 rings (SSSR count). The molecule has 2 aliphatic rings. The van der Waals surface area contributed by atoms with Crippen molar-refractivity contribution in [1.29, 1.82) is 0 Å². The van der Waals surface area contributed by atoms with E-state index < -0.39 is 5.60 Å². The van der Waals surface area contributed by atoms with Gasteiger partial charge < -0.3 is 24.0 Å². The number of hydrogen-bond acceptors (Lipinski definition) is 8. The Morgan fingerprint density at radius 2 is 1.94 bits per heavy atom. The van der Waals surface area contributed by atoms with Crippen molar-refractivity contribution in [3.63, 3.8) is 0 Å². The molecule has 0 atom stereocenters. The number of aromatic nitrogens is 4. The Morgan fingerprint density at radius 3 is 2.64 bits per heavy atom. The minimum absolute atomic E-state index is 0.00593. The summed E-state index contributed by atoms with van der Waals surface area (Å²) >= 11 is 0. The van der Waals surface area contributed by atoms with Crippen LogP contribution in [0.1, 0.15) is 20.8 Å². The lowest BCUT2D eigenvalue weighted by Crippen LogP contribution is -2.55. The number of anilines is 1. The van der Waals surface area contributed by atoms with E-state index in [1.165, 1.54) is 0 Å². The van der Waals surface area contributed by atoms with Crippen molar-refractivity contribution in [1.82, 2.24) is 24.5 Å². The van der Waals surface area contributed by atoms with Gasteiger partial charge in [-0.1, -0.05) is 0 Å². The molecule has 2 aliphatic heterocycles. The SMILES string of the molecule is CC(C)Oc1ncccc1-c1cnn2ccc(N3CCN(C(=O)OC4(C)COC4)CC3)nc12. The van der Waals surface area contributed by atoms with Gasteiger partial charge in [0, 0.05) is 44.1 Å². The van der Waals surface area contributed by atoms with E-state index in [4.69, 9.17) is 19.2 Å². The highest BCUT2D eigenvalue weighted by Crippen LogP contribution is 2.32. The molecule has 1 amide bonds. The highest BCUT2D eigenvalue weighted by atomic mass is 16.6. The zero-order valence-electron chi connectivity index (χ0n) is 19.1. The van der Waals surface area contributed by atoms with Crippen molar-refractivity contribution in [3.8, 4) is 17.0 Å². The van der Waals surface area contributed by atoms with Gasteiger partial charge in [0.15, 0.2) is 11.2 Å². The molecule has 2 fully saturated rings. The predicted molar refractivity (Wildman–Crippen MR) is 121 cm³/mol. The average molecular weight is 453 g/mol. The van der Waals surface area contributed by atoms with Crippen LogP contribution in [0.25, 0.3) is 16.8 Å². The molecule has 33 heavy (non-hydrogen) atoms.